The van der Waals surface area contributed by atoms with Crippen LogP contribution in [0.1, 0.15) is 29.7 Å². The number of rotatable bonds is 0. The molecule has 0 aromatic carbocycles. The van der Waals surface area contributed by atoms with Gasteiger partial charge in [0.2, 0.25) is 0 Å². The summed E-state index contributed by atoms with van der Waals surface area (Å²) in [5.41, 5.74) is 0. The van der Waals surface area contributed by atoms with Crippen LogP contribution in [-0.2, 0) is 0 Å². The summed E-state index contributed by atoms with van der Waals surface area (Å²) in [4.78, 5) is 0. The van der Waals surface area contributed by atoms with E-state index in [1.165, 1.54) is 0 Å². The summed E-state index contributed by atoms with van der Waals surface area (Å²) in [5.74, 6) is 0. The van der Waals surface area contributed by atoms with Crippen molar-refractivity contribution in [3.05, 3.63) is 0 Å². The summed E-state index contributed by atoms with van der Waals surface area (Å²) in [6.45, 7) is 0. The highest BCUT2D eigenvalue weighted by Gasteiger charge is -0.0745. The zero-order chi connectivity index (χ0) is 0. The predicted molar refractivity (Wildman–Crippen MR) is 36.9 cm³/mol. The van der Waals surface area contributed by atoms with Crippen LogP contribution in [-0.4, -0.2) is 0 Å². The fourth-order valence-corrected chi connectivity index (χ4v) is 0. The topological polar surface area (TPSA) is 0 Å². The Kier molecular flexibility index (Phi) is 1560000. The third kappa shape index (κ3) is 1630. The molecule has 0 spiro atoms. The lowest BCUT2D eigenvalue weighted by Gasteiger charge is -0.270. The lowest BCUT2D eigenvalue weighted by molar-refractivity contribution is 1.11. The van der Waals surface area contributed by atoms with Crippen LogP contribution in [0.5, 0.6) is 0 Å². The Hall–Kier alpha value is -0.280. The van der Waals surface area contributed by atoms with E-state index in [1.54, 1.807) is 0 Å². The van der Waals surface area contributed by atoms with E-state index in [1.807, 2.05) is 0 Å². The van der Waals surface area contributed by atoms with Gasteiger partial charge in [-0.2, -0.15) is 0 Å². The highest BCUT2D eigenvalue weighted by Crippen LogP contribution is 0.423. The molecule has 4 heteroatoms. The van der Waals surface area contributed by atoms with Gasteiger partial charge in [0.05, 0.1) is 0 Å². The second-order valence-electron chi connectivity index (χ2n) is 0. The van der Waals surface area contributed by atoms with Crippen molar-refractivity contribution in [2.24, 2.45) is 0 Å². The Bertz CT molecular complexity index is 8.00. The molecule has 0 saturated carbocycles. The Morgan fingerprint density at radius 2 is 0.250 bits per heavy atom. The van der Waals surface area contributed by atoms with Crippen LogP contribution in [0.25, 0.3) is 0 Å². The first-order valence-corrected chi connectivity index (χ1v) is 0. The average molecular weight is 144 g/mol. The van der Waals surface area contributed by atoms with Gasteiger partial charge in [-0.1, -0.05) is 29.7 Å². The summed E-state index contributed by atoms with van der Waals surface area (Å²) in [5, 5.41) is 0. The van der Waals surface area contributed by atoms with Crippen molar-refractivity contribution >= 4 is 0 Å². The predicted octanol–water partition coefficient (Wildman–Crippen LogP) is 3.15. The van der Waals surface area contributed by atoms with Gasteiger partial charge in [-0.25, -0.2) is 0 Å². The molecule has 0 aromatic heterocycles. The zero-order valence-corrected chi connectivity index (χ0v) is 1.63. The van der Waals surface area contributed by atoms with Gasteiger partial charge in [0.25, 0.3) is 0 Å². The SMILES string of the molecule is C.C.C.C.F.F.F.F. The molecule has 0 aliphatic carbocycles. The maximum absolute atomic E-state index is 0. The van der Waals surface area contributed by atoms with Crippen molar-refractivity contribution in [3.8, 4) is 0 Å². The molecule has 0 N–H and O–H groups in total. The normalized spacial score (nSPS) is 0. The smallest absolute Gasteiger partial charge is 0.0776 e. The summed E-state index contributed by atoms with van der Waals surface area (Å²) in [6.07, 6.45) is 0. The standard InChI is InChI=1S/4CH4.4FH/h4*1H4;4*1H. The molecule has 0 bridgehead atoms. The molecule has 0 aliphatic rings. The molecule has 0 atom stereocenters. The molecule has 0 nitrogen and oxygen atoms in total. The summed E-state index contributed by atoms with van der Waals surface area (Å²) in [7, 11) is 0. The Labute approximate surface area is 49.8 Å². The molecule has 0 aliphatic heterocycles. The molecule has 0 heterocycles. The van der Waals surface area contributed by atoms with E-state index in [0.29, 0.717) is 0 Å². The quantitative estimate of drug-likeness (QED) is 0.458. The highest BCUT2D eigenvalue weighted by atomic mass is 19.0. The third-order valence-corrected chi connectivity index (χ3v) is 0. The van der Waals surface area contributed by atoms with E-state index in [9.17, 15) is 0 Å². The van der Waals surface area contributed by atoms with E-state index in [0.717, 1.165) is 0 Å². The summed E-state index contributed by atoms with van der Waals surface area (Å²) < 4.78 is 0. The zero-order valence-electron chi connectivity index (χ0n) is 1.63. The Morgan fingerprint density at radius 1 is 0.250 bits per heavy atom. The first-order valence-electron chi connectivity index (χ1n) is 0. The monoisotopic (exact) mass is 144 g/mol. The first kappa shape index (κ1) is 4450. The van der Waals surface area contributed by atoms with Crippen molar-refractivity contribution in [1.82, 2.24) is 0 Å². The van der Waals surface area contributed by atoms with E-state index in [-0.39, 0.29) is 48.5 Å². The molecule has 0 unspecified atom stereocenters. The van der Waals surface area contributed by atoms with Crippen LogP contribution >= 0.6 is 0 Å². The minimum absolute atomic E-state index is 0. The molecule has 0 fully saturated rings. The van der Waals surface area contributed by atoms with Gasteiger partial charge < -0.3 is 0 Å². The van der Waals surface area contributed by atoms with Gasteiger partial charge in [0, 0.05) is 0 Å². The molecule has 64 valence electrons. The molecule has 0 rings (SSSR count). The largest absolute Gasteiger partial charge is 0.269 e. The van der Waals surface area contributed by atoms with Crippen LogP contribution in [0.2, 0.25) is 0 Å². The van der Waals surface area contributed by atoms with Crippen LogP contribution in [0, 0.1) is 0 Å². The van der Waals surface area contributed by atoms with Crippen molar-refractivity contribution in [2.45, 2.75) is 29.7 Å². The van der Waals surface area contributed by atoms with Crippen LogP contribution in [0.3, 0.4) is 0 Å². The molecule has 8 heavy (non-hydrogen) atoms. The Morgan fingerprint density at radius 3 is 0.250 bits per heavy atom. The minimum Gasteiger partial charge on any atom is -0.269 e. The lowest BCUT2D eigenvalue weighted by Crippen LogP contribution is 0.143. The second-order valence-corrected chi connectivity index (χ2v) is 0. The Balaban J connectivity index is 0. The molecular weight excluding hydrogens is 124 g/mol. The van der Waals surface area contributed by atoms with Crippen LogP contribution in [0.15, 0.2) is 0 Å². The van der Waals surface area contributed by atoms with E-state index in [2.05, 4.69) is 0 Å². The van der Waals surface area contributed by atoms with Gasteiger partial charge in [-0.15, -0.1) is 0 Å². The molecular formula is C4H20F4. The molecule has 0 radical (unpaired) electrons. The fourth-order valence-electron chi connectivity index (χ4n) is 0. The van der Waals surface area contributed by atoms with E-state index >= 15 is 0 Å². The van der Waals surface area contributed by atoms with Gasteiger partial charge >= 0.3 is 0 Å². The molecule has 0 aromatic rings. The van der Waals surface area contributed by atoms with E-state index < -0.39 is 0 Å². The molecule has 0 saturated heterocycles. The van der Waals surface area contributed by atoms with Crippen molar-refractivity contribution in [2.75, 3.05) is 0 Å². The van der Waals surface area contributed by atoms with Gasteiger partial charge in [-0.05, 0) is 0 Å². The first-order chi connectivity index (χ1) is 0. The van der Waals surface area contributed by atoms with Crippen LogP contribution < -0.4 is 0 Å². The lowest BCUT2D eigenvalue weighted by atomic mass is 12.0. The van der Waals surface area contributed by atoms with Crippen molar-refractivity contribution < 1.29 is 18.8 Å². The fraction of sp³-hybridized carbons (Fsp3) is 1.00. The summed E-state index contributed by atoms with van der Waals surface area (Å²) >= 11 is 0. The second kappa shape index (κ2) is 2800. The van der Waals surface area contributed by atoms with Gasteiger partial charge in [-0.3, -0.25) is 18.8 Å². The number of hydrogen-bond acceptors (Lipinski definition) is 0. The average Bonchev–Trinajstić information content (AvgIpc) is 0. The minimum atomic E-state index is 0. The maximum atomic E-state index is 0. The van der Waals surface area contributed by atoms with E-state index in [4.69, 9.17) is 0 Å². The van der Waals surface area contributed by atoms with Gasteiger partial charge in [0.1, 0.15) is 0 Å². The summed E-state index contributed by atoms with van der Waals surface area (Å²) in [6, 6.07) is 0. The van der Waals surface area contributed by atoms with Crippen molar-refractivity contribution in [3.63, 3.8) is 0 Å². The maximum Gasteiger partial charge on any atom is -0.0776 e. The third-order valence-electron chi connectivity index (χ3n) is 0. The van der Waals surface area contributed by atoms with Gasteiger partial charge in [0.15, 0.2) is 0 Å². The number of halogens is 4. The van der Waals surface area contributed by atoms with Crippen LogP contribution in [0.4, 0.5) is 18.8 Å². The highest BCUT2D eigenvalue weighted by molar-refractivity contribution is 2.51. The number of hydrogen-bond donors (Lipinski definition) is 0. The molecule has 0 amide bonds. The van der Waals surface area contributed by atoms with Crippen molar-refractivity contribution in [1.29, 1.82) is 0 Å².